The first kappa shape index (κ1) is 8.51. The second-order valence-corrected chi connectivity index (χ2v) is 3.34. The van der Waals surface area contributed by atoms with Gasteiger partial charge in [-0.05, 0) is 12.1 Å². The van der Waals surface area contributed by atoms with Crippen LogP contribution in [0.15, 0.2) is 18.2 Å². The van der Waals surface area contributed by atoms with Crippen molar-refractivity contribution >= 4 is 5.69 Å². The first-order chi connectivity index (χ1) is 6.29. The molecule has 0 spiro atoms. The maximum absolute atomic E-state index is 13.4. The highest BCUT2D eigenvalue weighted by Crippen LogP contribution is 2.23. The number of anilines is 1. The Morgan fingerprint density at radius 1 is 1.46 bits per heavy atom. The smallest absolute Gasteiger partial charge is 0.129 e. The van der Waals surface area contributed by atoms with Gasteiger partial charge >= 0.3 is 0 Å². The number of rotatable bonds is 0. The molecule has 1 aromatic carbocycles. The van der Waals surface area contributed by atoms with Crippen molar-refractivity contribution in [1.82, 2.24) is 5.32 Å². The van der Waals surface area contributed by atoms with E-state index in [4.69, 9.17) is 0 Å². The predicted octanol–water partition coefficient (Wildman–Crippen LogP) is 1.37. The van der Waals surface area contributed by atoms with E-state index in [1.807, 2.05) is 13.1 Å². The molecule has 0 unspecified atom stereocenters. The van der Waals surface area contributed by atoms with Crippen LogP contribution in [-0.4, -0.2) is 20.1 Å². The monoisotopic (exact) mass is 180 g/mol. The van der Waals surface area contributed by atoms with Gasteiger partial charge in [0.15, 0.2) is 0 Å². The van der Waals surface area contributed by atoms with E-state index in [9.17, 15) is 4.39 Å². The van der Waals surface area contributed by atoms with Gasteiger partial charge in [-0.1, -0.05) is 6.07 Å². The minimum atomic E-state index is -0.112. The van der Waals surface area contributed by atoms with E-state index in [2.05, 4.69) is 10.2 Å². The second kappa shape index (κ2) is 3.34. The quantitative estimate of drug-likeness (QED) is 0.648. The van der Waals surface area contributed by atoms with E-state index in [0.29, 0.717) is 6.54 Å². The summed E-state index contributed by atoms with van der Waals surface area (Å²) in [4.78, 5) is 2.08. The third-order valence-corrected chi connectivity index (χ3v) is 2.43. The van der Waals surface area contributed by atoms with Crippen molar-refractivity contribution in [3.8, 4) is 0 Å². The molecule has 3 heteroatoms. The summed E-state index contributed by atoms with van der Waals surface area (Å²) >= 11 is 0. The second-order valence-electron chi connectivity index (χ2n) is 3.34. The van der Waals surface area contributed by atoms with E-state index in [0.717, 1.165) is 24.3 Å². The highest BCUT2D eigenvalue weighted by atomic mass is 19.1. The largest absolute Gasteiger partial charge is 0.373 e. The van der Waals surface area contributed by atoms with Crippen molar-refractivity contribution in [2.75, 3.05) is 25.0 Å². The molecule has 1 aromatic rings. The zero-order valence-electron chi connectivity index (χ0n) is 7.68. The summed E-state index contributed by atoms with van der Waals surface area (Å²) in [5.74, 6) is -0.112. The van der Waals surface area contributed by atoms with Gasteiger partial charge in [0, 0.05) is 37.9 Å². The Balaban J connectivity index is 2.47. The molecular formula is C10H13FN2. The standard InChI is InChI=1S/C10H13FN2/c1-13-6-5-12-7-8-9(11)3-2-4-10(8)13/h2-4,12H,5-7H2,1H3. The third-order valence-electron chi connectivity index (χ3n) is 2.43. The van der Waals surface area contributed by atoms with Crippen LogP contribution in [0.4, 0.5) is 10.1 Å². The Morgan fingerprint density at radius 3 is 3.15 bits per heavy atom. The van der Waals surface area contributed by atoms with Gasteiger partial charge in [0.05, 0.1) is 0 Å². The molecular weight excluding hydrogens is 167 g/mol. The molecule has 0 fully saturated rings. The van der Waals surface area contributed by atoms with Crippen LogP contribution in [0.2, 0.25) is 0 Å². The average molecular weight is 180 g/mol. The van der Waals surface area contributed by atoms with Crippen LogP contribution in [-0.2, 0) is 6.54 Å². The molecule has 1 aliphatic rings. The molecule has 0 saturated heterocycles. The van der Waals surface area contributed by atoms with Crippen LogP contribution >= 0.6 is 0 Å². The Hall–Kier alpha value is -1.09. The molecule has 13 heavy (non-hydrogen) atoms. The van der Waals surface area contributed by atoms with Crippen LogP contribution in [0.25, 0.3) is 0 Å². The first-order valence-corrected chi connectivity index (χ1v) is 4.48. The summed E-state index contributed by atoms with van der Waals surface area (Å²) in [6.45, 7) is 2.47. The molecule has 0 aromatic heterocycles. The van der Waals surface area contributed by atoms with Crippen LogP contribution in [0.1, 0.15) is 5.56 Å². The molecule has 1 N–H and O–H groups in total. The predicted molar refractivity (Wildman–Crippen MR) is 51.4 cm³/mol. The highest BCUT2D eigenvalue weighted by Gasteiger charge is 2.14. The van der Waals surface area contributed by atoms with Crippen LogP contribution in [0.3, 0.4) is 0 Å². The maximum Gasteiger partial charge on any atom is 0.129 e. The lowest BCUT2D eigenvalue weighted by Gasteiger charge is -2.18. The maximum atomic E-state index is 13.4. The van der Waals surface area contributed by atoms with Crippen LogP contribution in [0.5, 0.6) is 0 Å². The third kappa shape index (κ3) is 1.52. The highest BCUT2D eigenvalue weighted by molar-refractivity contribution is 5.54. The fraction of sp³-hybridized carbons (Fsp3) is 0.400. The van der Waals surface area contributed by atoms with Gasteiger partial charge in [0.25, 0.3) is 0 Å². The molecule has 2 nitrogen and oxygen atoms in total. The molecule has 0 radical (unpaired) electrons. The van der Waals surface area contributed by atoms with Crippen LogP contribution < -0.4 is 10.2 Å². The van der Waals surface area contributed by atoms with E-state index >= 15 is 0 Å². The summed E-state index contributed by atoms with van der Waals surface area (Å²) in [5.41, 5.74) is 1.78. The van der Waals surface area contributed by atoms with Crippen molar-refractivity contribution in [2.45, 2.75) is 6.54 Å². The Bertz CT molecular complexity index is 312. The Kier molecular flexibility index (Phi) is 2.19. The normalized spacial score (nSPS) is 16.6. The first-order valence-electron chi connectivity index (χ1n) is 4.48. The molecule has 2 rings (SSSR count). The van der Waals surface area contributed by atoms with Crippen molar-refractivity contribution in [1.29, 1.82) is 0 Å². The van der Waals surface area contributed by atoms with E-state index in [1.54, 1.807) is 6.07 Å². The van der Waals surface area contributed by atoms with Crippen LogP contribution in [0, 0.1) is 5.82 Å². The van der Waals surface area contributed by atoms with Crippen molar-refractivity contribution in [3.63, 3.8) is 0 Å². The van der Waals surface area contributed by atoms with Crippen molar-refractivity contribution in [2.24, 2.45) is 0 Å². The minimum Gasteiger partial charge on any atom is -0.373 e. The summed E-state index contributed by atoms with van der Waals surface area (Å²) in [5, 5.41) is 3.19. The minimum absolute atomic E-state index is 0.112. The van der Waals surface area contributed by atoms with E-state index < -0.39 is 0 Å². The number of hydrogen-bond donors (Lipinski definition) is 1. The van der Waals surface area contributed by atoms with Gasteiger partial charge in [0.1, 0.15) is 5.82 Å². The zero-order valence-corrected chi connectivity index (χ0v) is 7.68. The van der Waals surface area contributed by atoms with E-state index in [1.165, 1.54) is 6.07 Å². The van der Waals surface area contributed by atoms with Gasteiger partial charge in [-0.25, -0.2) is 4.39 Å². The molecule has 0 aliphatic carbocycles. The lowest BCUT2D eigenvalue weighted by molar-refractivity contribution is 0.598. The van der Waals surface area contributed by atoms with Gasteiger partial charge in [-0.2, -0.15) is 0 Å². The number of benzene rings is 1. The number of fused-ring (bicyclic) bond motifs is 1. The molecule has 0 amide bonds. The van der Waals surface area contributed by atoms with Crippen molar-refractivity contribution in [3.05, 3.63) is 29.6 Å². The number of hydrogen-bond acceptors (Lipinski definition) is 2. The summed E-state index contributed by atoms with van der Waals surface area (Å²) in [6, 6.07) is 5.24. The molecule has 0 atom stereocenters. The average Bonchev–Trinajstić information content (AvgIpc) is 2.30. The SMILES string of the molecule is CN1CCNCc2c(F)cccc21. The fourth-order valence-corrected chi connectivity index (χ4v) is 1.66. The molecule has 1 aliphatic heterocycles. The summed E-state index contributed by atoms with van der Waals surface area (Å²) in [6.07, 6.45) is 0. The number of nitrogens with zero attached hydrogens (tertiary/aromatic N) is 1. The topological polar surface area (TPSA) is 15.3 Å². The molecule has 0 bridgehead atoms. The molecule has 0 saturated carbocycles. The van der Waals surface area contributed by atoms with Gasteiger partial charge in [-0.15, -0.1) is 0 Å². The zero-order chi connectivity index (χ0) is 9.26. The Morgan fingerprint density at radius 2 is 2.31 bits per heavy atom. The number of nitrogens with one attached hydrogen (secondary N) is 1. The van der Waals surface area contributed by atoms with Gasteiger partial charge in [-0.3, -0.25) is 0 Å². The summed E-state index contributed by atoms with van der Waals surface area (Å²) < 4.78 is 13.4. The fourth-order valence-electron chi connectivity index (χ4n) is 1.66. The number of halogens is 1. The lowest BCUT2D eigenvalue weighted by Crippen LogP contribution is -2.24. The van der Waals surface area contributed by atoms with Gasteiger partial charge < -0.3 is 10.2 Å². The molecule has 1 heterocycles. The number of likely N-dealkylation sites (N-methyl/N-ethyl adjacent to an activating group) is 1. The van der Waals surface area contributed by atoms with Gasteiger partial charge in [0.2, 0.25) is 0 Å². The lowest BCUT2D eigenvalue weighted by atomic mass is 10.1. The summed E-state index contributed by atoms with van der Waals surface area (Å²) in [7, 11) is 1.99. The molecule has 70 valence electrons. The Labute approximate surface area is 77.4 Å². The van der Waals surface area contributed by atoms with Crippen molar-refractivity contribution < 1.29 is 4.39 Å². The van der Waals surface area contributed by atoms with E-state index in [-0.39, 0.29) is 5.82 Å².